The van der Waals surface area contributed by atoms with Crippen LogP contribution < -0.4 is 19.6 Å². The highest BCUT2D eigenvalue weighted by atomic mass is 16.5. The maximum absolute atomic E-state index is 6.72. The summed E-state index contributed by atoms with van der Waals surface area (Å²) >= 11 is 0. The van der Waals surface area contributed by atoms with Gasteiger partial charge in [0.1, 0.15) is 35.3 Å². The minimum atomic E-state index is -0.256. The van der Waals surface area contributed by atoms with Gasteiger partial charge < -0.3 is 37.9 Å². The summed E-state index contributed by atoms with van der Waals surface area (Å²) in [6.45, 7) is 0. The molecule has 590 valence electrons. The molecule has 4 unspecified atom stereocenters. The molecule has 2 aliphatic heterocycles. The number of benzene rings is 16. The van der Waals surface area contributed by atoms with Crippen LogP contribution in [0.3, 0.4) is 0 Å². The summed E-state index contributed by atoms with van der Waals surface area (Å²) in [7, 11) is 0. The average molecular weight is 1600 g/mol. The molecule has 124 heavy (non-hydrogen) atoms. The molecular formula is C112H78N8O4. The lowest BCUT2D eigenvalue weighted by Gasteiger charge is -2.26. The molecule has 12 heteroatoms. The molecule has 0 saturated heterocycles. The predicted molar refractivity (Wildman–Crippen MR) is 505 cm³/mol. The van der Waals surface area contributed by atoms with Gasteiger partial charge in [-0.2, -0.15) is 0 Å². The summed E-state index contributed by atoms with van der Waals surface area (Å²) in [5, 5.41) is 0. The van der Waals surface area contributed by atoms with Crippen molar-refractivity contribution in [2.45, 2.75) is 24.3 Å². The molecule has 0 bridgehead atoms. The number of oxazole rings is 2. The Morgan fingerprint density at radius 1 is 0.210 bits per heavy atom. The first-order chi connectivity index (χ1) is 61.4. The van der Waals surface area contributed by atoms with E-state index in [-0.39, 0.29) is 24.3 Å². The van der Waals surface area contributed by atoms with Gasteiger partial charge in [0.2, 0.25) is 23.6 Å². The van der Waals surface area contributed by atoms with Gasteiger partial charge in [-0.3, -0.25) is 0 Å². The second-order valence-electron chi connectivity index (χ2n) is 31.2. The quantitative estimate of drug-likeness (QED) is 0.0690. The molecule has 2 aromatic heterocycles. The third-order valence-corrected chi connectivity index (χ3v) is 23.4. The van der Waals surface area contributed by atoms with Gasteiger partial charge in [-0.25, -0.2) is 20.0 Å². The van der Waals surface area contributed by atoms with Crippen LogP contribution in [0.5, 0.6) is 0 Å². The summed E-state index contributed by atoms with van der Waals surface area (Å²) in [5.41, 5.74) is 30.2. The Hall–Kier alpha value is -16.4. The van der Waals surface area contributed by atoms with Crippen molar-refractivity contribution in [3.05, 3.63) is 471 Å². The molecule has 12 nitrogen and oxygen atoms in total. The first-order valence-electron chi connectivity index (χ1n) is 41.8. The van der Waals surface area contributed by atoms with Crippen LogP contribution in [-0.4, -0.2) is 46.1 Å². The summed E-state index contributed by atoms with van der Waals surface area (Å²) in [4.78, 5) is 29.1. The maximum atomic E-state index is 6.72. The number of aliphatic imine (C=N–C) groups is 2. The van der Waals surface area contributed by atoms with E-state index >= 15 is 0 Å². The SMILES string of the molecule is C1=CC2OC(c3ccc(N(c4ccccc4)c4ccc(-c5ccc(N(c6ccccc6)c6ccc(-c7nc8cc(-c9cccc(C%10=CC%11OC(c%12ccc(N(c%13ccccc%13)c%13ccc(-c%14ccc(N(c%15ccccc%15)c%15ccc(-c%16nc%17ccccc%17o%16)cc%15)cc%14)cc%13)cc%12)=NC%11C=C%10)c9)ccc8o7)cc6)cc5)cc4)cc3)=NC2C=C1c1ccccc1. The zero-order valence-electron chi connectivity index (χ0n) is 67.2. The van der Waals surface area contributed by atoms with Crippen molar-refractivity contribution in [2.75, 3.05) is 19.6 Å². The minimum Gasteiger partial charge on any atom is -0.467 e. The summed E-state index contributed by atoms with van der Waals surface area (Å²) in [5.74, 6) is 2.44. The van der Waals surface area contributed by atoms with Crippen LogP contribution in [0.25, 0.3) is 89.6 Å². The summed E-state index contributed by atoms with van der Waals surface area (Å²) in [6.07, 6.45) is 12.6. The topological polar surface area (TPSA) is 108 Å². The fraction of sp³-hybridized carbons (Fsp3) is 0.0357. The molecular weight excluding hydrogens is 1520 g/mol. The van der Waals surface area contributed by atoms with Gasteiger partial charge in [0.05, 0.1) is 0 Å². The van der Waals surface area contributed by atoms with E-state index in [2.05, 4.69) is 420 Å². The number of aromatic nitrogens is 2. The molecule has 0 radical (unpaired) electrons. The van der Waals surface area contributed by atoms with Crippen LogP contribution in [0.2, 0.25) is 0 Å². The van der Waals surface area contributed by atoms with Crippen molar-refractivity contribution in [3.63, 3.8) is 0 Å². The van der Waals surface area contributed by atoms with Crippen LogP contribution in [0.15, 0.2) is 468 Å². The number of hydrogen-bond donors (Lipinski definition) is 0. The molecule has 0 fully saturated rings. The van der Waals surface area contributed by atoms with E-state index < -0.39 is 0 Å². The van der Waals surface area contributed by atoms with Gasteiger partial charge in [0.25, 0.3) is 0 Å². The predicted octanol–water partition coefficient (Wildman–Crippen LogP) is 28.5. The van der Waals surface area contributed by atoms with Crippen LogP contribution in [-0.2, 0) is 9.47 Å². The van der Waals surface area contributed by atoms with Gasteiger partial charge in [-0.15, -0.1) is 0 Å². The second-order valence-corrected chi connectivity index (χ2v) is 31.2. The first-order valence-corrected chi connectivity index (χ1v) is 41.8. The Balaban J connectivity index is 0.453. The molecule has 2 aliphatic carbocycles. The fourth-order valence-electron chi connectivity index (χ4n) is 17.0. The molecule has 18 aromatic rings. The lowest BCUT2D eigenvalue weighted by Crippen LogP contribution is -2.21. The molecule has 16 aromatic carbocycles. The Morgan fingerprint density at radius 2 is 0.524 bits per heavy atom. The third-order valence-electron chi connectivity index (χ3n) is 23.4. The van der Waals surface area contributed by atoms with Gasteiger partial charge in [0.15, 0.2) is 11.2 Å². The van der Waals surface area contributed by atoms with Gasteiger partial charge in [-0.1, -0.05) is 206 Å². The highest BCUT2D eigenvalue weighted by molar-refractivity contribution is 5.99. The molecule has 4 atom stereocenters. The monoisotopic (exact) mass is 1600 g/mol. The van der Waals surface area contributed by atoms with Crippen LogP contribution in [0, 0.1) is 0 Å². The lowest BCUT2D eigenvalue weighted by atomic mass is 9.93. The van der Waals surface area contributed by atoms with Crippen molar-refractivity contribution in [3.8, 4) is 56.3 Å². The zero-order valence-corrected chi connectivity index (χ0v) is 67.2. The van der Waals surface area contributed by atoms with E-state index in [0.717, 1.165) is 157 Å². The second kappa shape index (κ2) is 32.4. The van der Waals surface area contributed by atoms with Gasteiger partial charge >= 0.3 is 0 Å². The Bertz CT molecular complexity index is 7090. The standard InChI is InChI=1S/C112H78N8O4/c1-6-19-75(20-7-1)86-50-69-106-103(72-86)115-111(122-106)82-45-64-99(65-46-82)119(91-27-12-4-13-28-91)95-56-37-78(38-57-95)79-39-58-96(59-40-79)120(92-29-14-5-15-30-92)100-66-47-83(48-67-100)112-116-104-73-87(51-70-107(104)123-112)84-21-18-22-85(71-84)88-49-68-102-108(74-88)124-110(114-102)81-43-62-98(63-44-81)118(90-25-10-3-11-26-90)94-54-35-77(36-55-94)76-33-52-93(53-34-76)117(89-23-8-2-9-24-89)97-60-41-80(42-61-97)109-113-101-31-16-17-32-105(101)121-109/h1-74,102-103,106,108H. The number of rotatable bonds is 21. The molecule has 0 N–H and O–H groups in total. The van der Waals surface area contributed by atoms with Crippen molar-refractivity contribution < 1.29 is 18.3 Å². The van der Waals surface area contributed by atoms with Gasteiger partial charge in [0, 0.05) is 90.5 Å². The van der Waals surface area contributed by atoms with E-state index in [1.165, 1.54) is 5.56 Å². The number of fused-ring (bicyclic) bond motifs is 4. The lowest BCUT2D eigenvalue weighted by molar-refractivity contribution is 0.255. The fourth-order valence-corrected chi connectivity index (χ4v) is 17.0. The minimum absolute atomic E-state index is 0.0714. The van der Waals surface area contributed by atoms with Crippen LogP contribution >= 0.6 is 0 Å². The third kappa shape index (κ3) is 14.8. The highest BCUT2D eigenvalue weighted by Gasteiger charge is 2.33. The Kier molecular flexibility index (Phi) is 19.3. The summed E-state index contributed by atoms with van der Waals surface area (Å²) < 4.78 is 25.8. The van der Waals surface area contributed by atoms with E-state index in [1.54, 1.807) is 0 Å². The summed E-state index contributed by atoms with van der Waals surface area (Å²) in [6, 6.07) is 144. The van der Waals surface area contributed by atoms with Crippen LogP contribution in [0.1, 0.15) is 22.3 Å². The Labute approximate surface area is 718 Å². The number of anilines is 12. The highest BCUT2D eigenvalue weighted by Crippen LogP contribution is 2.45. The van der Waals surface area contributed by atoms with Crippen LogP contribution in [0.4, 0.5) is 68.2 Å². The largest absolute Gasteiger partial charge is 0.467 e. The Morgan fingerprint density at radius 3 is 0.960 bits per heavy atom. The average Bonchev–Trinajstić information content (AvgIpc) is 1.76. The van der Waals surface area contributed by atoms with E-state index in [0.29, 0.717) is 29.2 Å². The number of hydrogen-bond acceptors (Lipinski definition) is 12. The van der Waals surface area contributed by atoms with Gasteiger partial charge in [-0.05, 0) is 298 Å². The molecule has 4 heterocycles. The number of ether oxygens (including phenoxy) is 2. The molecule has 22 rings (SSSR count). The van der Waals surface area contributed by atoms with E-state index in [9.17, 15) is 0 Å². The number of para-hydroxylation sites is 6. The zero-order chi connectivity index (χ0) is 82.2. The molecule has 4 aliphatic rings. The molecule has 0 spiro atoms. The van der Waals surface area contributed by atoms with Crippen molar-refractivity contribution >= 4 is 113 Å². The smallest absolute Gasteiger partial charge is 0.227 e. The van der Waals surface area contributed by atoms with Crippen molar-refractivity contribution in [2.24, 2.45) is 9.98 Å². The first kappa shape index (κ1) is 73.9. The normalized spacial score (nSPS) is 15.5. The van der Waals surface area contributed by atoms with Crippen molar-refractivity contribution in [1.29, 1.82) is 0 Å². The van der Waals surface area contributed by atoms with E-state index in [1.807, 2.05) is 48.5 Å². The van der Waals surface area contributed by atoms with E-state index in [4.69, 9.17) is 38.3 Å². The molecule has 0 amide bonds. The maximum Gasteiger partial charge on any atom is 0.227 e. The number of nitrogens with zero attached hydrogens (tertiary/aromatic N) is 8. The van der Waals surface area contributed by atoms with Crippen molar-refractivity contribution in [1.82, 2.24) is 9.97 Å². The molecule has 0 saturated carbocycles. The number of allylic oxidation sites excluding steroid dienone is 4.